The monoisotopic (exact) mass is 479 g/mol. The van der Waals surface area contributed by atoms with Crippen LogP contribution in [0, 0.1) is 17.6 Å². The van der Waals surface area contributed by atoms with Crippen LogP contribution in [0.1, 0.15) is 19.3 Å². The number of nitrogens with one attached hydrogen (secondary N) is 1. The highest BCUT2D eigenvalue weighted by Crippen LogP contribution is 2.31. The van der Waals surface area contributed by atoms with Crippen LogP contribution in [0.5, 0.6) is 0 Å². The quantitative estimate of drug-likeness (QED) is 0.595. The van der Waals surface area contributed by atoms with E-state index < -0.39 is 35.5 Å². The van der Waals surface area contributed by atoms with Crippen LogP contribution in [0.15, 0.2) is 24.5 Å². The molecule has 2 saturated heterocycles. The number of anilines is 3. The van der Waals surface area contributed by atoms with Gasteiger partial charge < -0.3 is 26.6 Å². The lowest BCUT2D eigenvalue weighted by molar-refractivity contribution is -0.140. The van der Waals surface area contributed by atoms with Gasteiger partial charge in [0.1, 0.15) is 18.2 Å². The molecule has 0 bridgehead atoms. The number of halogens is 3. The summed E-state index contributed by atoms with van der Waals surface area (Å²) in [6.45, 7) is 0.895. The Morgan fingerprint density at radius 2 is 1.97 bits per heavy atom. The fraction of sp³-hybridized carbons (Fsp3) is 0.429. The zero-order valence-corrected chi connectivity index (χ0v) is 18.4. The molecule has 2 aliphatic rings. The van der Waals surface area contributed by atoms with Crippen molar-refractivity contribution in [2.24, 2.45) is 11.7 Å². The lowest BCUT2D eigenvalue weighted by atomic mass is 9.87. The third-order valence-corrected chi connectivity index (χ3v) is 6.34. The third kappa shape index (κ3) is 4.77. The van der Waals surface area contributed by atoms with Crippen molar-refractivity contribution in [3.8, 4) is 0 Å². The number of hydrogen-bond acceptors (Lipinski definition) is 7. The van der Waals surface area contributed by atoms with Crippen molar-refractivity contribution in [2.45, 2.75) is 31.3 Å². The molecular weight excluding hydrogens is 456 g/mol. The molecule has 0 aliphatic carbocycles. The van der Waals surface area contributed by atoms with Gasteiger partial charge in [0.2, 0.25) is 17.6 Å². The Kier molecular flexibility index (Phi) is 6.50. The number of amides is 2. The summed E-state index contributed by atoms with van der Waals surface area (Å²) in [6.07, 6.45) is 2.67. The number of hydrogen-bond donors (Lipinski definition) is 3. The first-order valence-corrected chi connectivity index (χ1v) is 11.0. The molecule has 2 amide bonds. The highest BCUT2D eigenvalue weighted by atomic mass is 35.5. The smallest absolute Gasteiger partial charge is 0.245 e. The number of nitrogens with two attached hydrogens (primary N) is 2. The van der Waals surface area contributed by atoms with E-state index in [2.05, 4.69) is 15.3 Å². The number of benzene rings is 1. The number of primary amides is 1. The fourth-order valence-corrected chi connectivity index (χ4v) is 4.79. The SMILES string of the molecule is NC(=O)C1CCN(c2ncnc(N)c2F)C[C@@H]1N1CCCC(Nc2cc(F)cc(Cl)c2)C1=O. The summed E-state index contributed by atoms with van der Waals surface area (Å²) in [5.74, 6) is -2.90. The van der Waals surface area contributed by atoms with Gasteiger partial charge in [0.05, 0.1) is 12.0 Å². The number of nitrogen functional groups attached to an aromatic ring is 1. The summed E-state index contributed by atoms with van der Waals surface area (Å²) in [7, 11) is 0. The van der Waals surface area contributed by atoms with Crippen molar-refractivity contribution in [1.29, 1.82) is 0 Å². The molecular formula is C21H24ClF2N7O2. The van der Waals surface area contributed by atoms with Gasteiger partial charge in [-0.2, -0.15) is 4.39 Å². The van der Waals surface area contributed by atoms with E-state index in [4.69, 9.17) is 23.1 Å². The molecule has 176 valence electrons. The van der Waals surface area contributed by atoms with Crippen LogP contribution in [0.4, 0.5) is 26.1 Å². The molecule has 2 aromatic rings. The Labute approximate surface area is 194 Å². The molecule has 5 N–H and O–H groups in total. The fourth-order valence-electron chi connectivity index (χ4n) is 4.57. The molecule has 12 heteroatoms. The van der Waals surface area contributed by atoms with E-state index in [0.717, 1.165) is 0 Å². The molecule has 1 aromatic carbocycles. The average molecular weight is 480 g/mol. The minimum atomic E-state index is -0.749. The van der Waals surface area contributed by atoms with Crippen molar-refractivity contribution in [1.82, 2.24) is 14.9 Å². The zero-order chi connectivity index (χ0) is 23.7. The molecule has 0 saturated carbocycles. The van der Waals surface area contributed by atoms with Crippen molar-refractivity contribution in [2.75, 3.05) is 35.6 Å². The summed E-state index contributed by atoms with van der Waals surface area (Å²) in [5, 5.41) is 3.25. The van der Waals surface area contributed by atoms with Gasteiger partial charge in [0.15, 0.2) is 11.6 Å². The highest BCUT2D eigenvalue weighted by Gasteiger charge is 2.42. The first-order chi connectivity index (χ1) is 15.7. The van der Waals surface area contributed by atoms with Crippen LogP contribution in [0.3, 0.4) is 0 Å². The van der Waals surface area contributed by atoms with Gasteiger partial charge in [0.25, 0.3) is 0 Å². The maximum Gasteiger partial charge on any atom is 0.245 e. The Morgan fingerprint density at radius 3 is 2.70 bits per heavy atom. The maximum atomic E-state index is 14.5. The highest BCUT2D eigenvalue weighted by molar-refractivity contribution is 6.30. The minimum absolute atomic E-state index is 0.0176. The van der Waals surface area contributed by atoms with E-state index in [9.17, 15) is 18.4 Å². The molecule has 2 aliphatic heterocycles. The molecule has 4 rings (SSSR count). The standard InChI is InChI=1S/C21H24ClF2N7O2/c22-11-6-12(23)8-13(7-11)29-15-2-1-4-31(21(15)33)16-9-30(5-3-14(16)19(26)32)20-17(24)18(25)27-10-28-20/h6-8,10,14-16,29H,1-5,9H2,(H2,26,32)(H2,25,27,28)/t14?,15?,16-/m0/s1. The summed E-state index contributed by atoms with van der Waals surface area (Å²) < 4.78 is 28.3. The van der Waals surface area contributed by atoms with Gasteiger partial charge in [-0.1, -0.05) is 11.6 Å². The summed E-state index contributed by atoms with van der Waals surface area (Å²) in [6, 6.07) is 2.75. The Hall–Kier alpha value is -3.21. The van der Waals surface area contributed by atoms with E-state index in [1.807, 2.05) is 0 Å². The first-order valence-electron chi connectivity index (χ1n) is 10.6. The molecule has 33 heavy (non-hydrogen) atoms. The lowest BCUT2D eigenvalue weighted by Gasteiger charge is -2.46. The third-order valence-electron chi connectivity index (χ3n) is 6.12. The zero-order valence-electron chi connectivity index (χ0n) is 17.7. The molecule has 1 aromatic heterocycles. The van der Waals surface area contributed by atoms with Crippen LogP contribution in [-0.4, -0.2) is 58.4 Å². The van der Waals surface area contributed by atoms with Crippen LogP contribution in [-0.2, 0) is 9.59 Å². The van der Waals surface area contributed by atoms with Gasteiger partial charge in [-0.25, -0.2) is 14.4 Å². The van der Waals surface area contributed by atoms with Crippen LogP contribution >= 0.6 is 11.6 Å². The summed E-state index contributed by atoms with van der Waals surface area (Å²) in [5.41, 5.74) is 11.6. The molecule has 3 heterocycles. The van der Waals surface area contributed by atoms with Crippen molar-refractivity contribution in [3.63, 3.8) is 0 Å². The maximum absolute atomic E-state index is 14.5. The first kappa shape index (κ1) is 23.0. The van der Waals surface area contributed by atoms with E-state index in [-0.39, 0.29) is 29.1 Å². The van der Waals surface area contributed by atoms with Crippen molar-refractivity contribution in [3.05, 3.63) is 41.2 Å². The van der Waals surface area contributed by atoms with Gasteiger partial charge >= 0.3 is 0 Å². The number of nitrogens with zero attached hydrogens (tertiary/aromatic N) is 4. The lowest BCUT2D eigenvalue weighted by Crippen LogP contribution is -2.61. The normalized spacial score (nSPS) is 23.5. The second kappa shape index (κ2) is 9.34. The number of aromatic nitrogens is 2. The minimum Gasteiger partial charge on any atom is -0.381 e. The number of rotatable bonds is 5. The topological polar surface area (TPSA) is 130 Å². The Balaban J connectivity index is 1.57. The molecule has 0 radical (unpaired) electrons. The largest absolute Gasteiger partial charge is 0.381 e. The van der Waals surface area contributed by atoms with Crippen LogP contribution in [0.25, 0.3) is 0 Å². The van der Waals surface area contributed by atoms with Gasteiger partial charge in [-0.3, -0.25) is 9.59 Å². The molecule has 2 unspecified atom stereocenters. The van der Waals surface area contributed by atoms with Gasteiger partial charge in [0, 0.05) is 30.3 Å². The summed E-state index contributed by atoms with van der Waals surface area (Å²) in [4.78, 5) is 36.5. The van der Waals surface area contributed by atoms with Crippen molar-refractivity contribution < 1.29 is 18.4 Å². The predicted molar refractivity (Wildman–Crippen MR) is 119 cm³/mol. The van der Waals surface area contributed by atoms with E-state index >= 15 is 0 Å². The molecule has 3 atom stereocenters. The van der Waals surface area contributed by atoms with Gasteiger partial charge in [-0.05, 0) is 37.5 Å². The number of carbonyl (C=O) groups excluding carboxylic acids is 2. The Bertz CT molecular complexity index is 1050. The van der Waals surface area contributed by atoms with E-state index in [0.29, 0.717) is 38.0 Å². The second-order valence-corrected chi connectivity index (χ2v) is 8.67. The molecule has 0 spiro atoms. The summed E-state index contributed by atoms with van der Waals surface area (Å²) >= 11 is 5.92. The van der Waals surface area contributed by atoms with E-state index in [1.54, 1.807) is 9.80 Å². The van der Waals surface area contributed by atoms with Crippen LogP contribution in [0.2, 0.25) is 5.02 Å². The number of piperidine rings is 2. The number of carbonyl (C=O) groups is 2. The van der Waals surface area contributed by atoms with Gasteiger partial charge in [-0.15, -0.1) is 0 Å². The molecule has 2 fully saturated rings. The van der Waals surface area contributed by atoms with Crippen molar-refractivity contribution >= 4 is 40.7 Å². The molecule has 9 nitrogen and oxygen atoms in total. The predicted octanol–water partition coefficient (Wildman–Crippen LogP) is 1.77. The van der Waals surface area contributed by atoms with Crippen LogP contribution < -0.4 is 21.7 Å². The van der Waals surface area contributed by atoms with E-state index in [1.165, 1.54) is 24.5 Å². The number of likely N-dealkylation sites (tertiary alicyclic amines) is 1. The Morgan fingerprint density at radius 1 is 1.18 bits per heavy atom. The second-order valence-electron chi connectivity index (χ2n) is 8.24. The average Bonchev–Trinajstić information content (AvgIpc) is 2.76.